The van der Waals surface area contributed by atoms with Crippen molar-refractivity contribution in [1.29, 1.82) is 0 Å². The second kappa shape index (κ2) is 7.14. The molecule has 0 spiro atoms. The molecule has 0 radical (unpaired) electrons. The number of amides is 1. The van der Waals surface area contributed by atoms with Crippen LogP contribution >= 0.6 is 11.8 Å². The Labute approximate surface area is 137 Å². The second-order valence-electron chi connectivity index (χ2n) is 6.03. The van der Waals surface area contributed by atoms with Gasteiger partial charge in [0, 0.05) is 17.2 Å². The van der Waals surface area contributed by atoms with Crippen LogP contribution in [0.2, 0.25) is 0 Å². The maximum atomic E-state index is 12.5. The van der Waals surface area contributed by atoms with Gasteiger partial charge in [0.05, 0.1) is 11.8 Å². The van der Waals surface area contributed by atoms with Gasteiger partial charge in [-0.15, -0.1) is 18.3 Å². The molecule has 1 aromatic carbocycles. The number of hydrogen-bond acceptors (Lipinski definition) is 3. The first kappa shape index (κ1) is 16.8. The molecule has 2 unspecified atom stereocenters. The maximum Gasteiger partial charge on any atom is 0.246 e. The molecule has 0 aromatic heterocycles. The summed E-state index contributed by atoms with van der Waals surface area (Å²) in [4.78, 5) is 13.7. The van der Waals surface area contributed by atoms with Crippen molar-refractivity contribution in [3.63, 3.8) is 0 Å². The predicted molar refractivity (Wildman–Crippen MR) is 94.2 cm³/mol. The molecule has 22 heavy (non-hydrogen) atoms. The third-order valence-electron chi connectivity index (χ3n) is 4.01. The Balaban J connectivity index is 2.37. The molecule has 1 aromatic rings. The van der Waals surface area contributed by atoms with Crippen LogP contribution in [0.15, 0.2) is 46.9 Å². The number of hydrogen-bond donors (Lipinski definition) is 0. The van der Waals surface area contributed by atoms with Crippen LogP contribution in [0.1, 0.15) is 32.8 Å². The Bertz CT molecular complexity index is 577. The average molecular weight is 316 g/mol. The molecule has 118 valence electrons. The first-order chi connectivity index (χ1) is 10.5. The SMILES string of the molecule is C=CC(C(C)C)N1N=C(c2ccc(SC)cc2)CC(C)C1=O. The van der Waals surface area contributed by atoms with Crippen molar-refractivity contribution in [1.82, 2.24) is 5.01 Å². The molecule has 2 atom stereocenters. The van der Waals surface area contributed by atoms with Crippen LogP contribution < -0.4 is 0 Å². The van der Waals surface area contributed by atoms with Crippen molar-refractivity contribution in [2.75, 3.05) is 6.26 Å². The molecule has 1 amide bonds. The number of carbonyl (C=O) groups excluding carboxylic acids is 1. The lowest BCUT2D eigenvalue weighted by Gasteiger charge is -2.34. The number of carbonyl (C=O) groups is 1. The summed E-state index contributed by atoms with van der Waals surface area (Å²) >= 11 is 1.72. The normalized spacial score (nSPS) is 20.0. The van der Waals surface area contributed by atoms with E-state index in [1.165, 1.54) is 4.90 Å². The summed E-state index contributed by atoms with van der Waals surface area (Å²) in [6, 6.07) is 8.31. The fourth-order valence-electron chi connectivity index (χ4n) is 2.65. The first-order valence-electron chi connectivity index (χ1n) is 7.65. The van der Waals surface area contributed by atoms with E-state index in [-0.39, 0.29) is 23.8 Å². The number of hydrazone groups is 1. The lowest BCUT2D eigenvalue weighted by molar-refractivity contribution is -0.138. The van der Waals surface area contributed by atoms with Crippen molar-refractivity contribution in [2.24, 2.45) is 16.9 Å². The van der Waals surface area contributed by atoms with Gasteiger partial charge in [0.15, 0.2) is 0 Å². The maximum absolute atomic E-state index is 12.5. The van der Waals surface area contributed by atoms with Gasteiger partial charge in [0.1, 0.15) is 0 Å². The smallest absolute Gasteiger partial charge is 0.246 e. The number of nitrogens with zero attached hydrogens (tertiary/aromatic N) is 2. The second-order valence-corrected chi connectivity index (χ2v) is 6.91. The lowest BCUT2D eigenvalue weighted by atomic mass is 9.94. The lowest BCUT2D eigenvalue weighted by Crippen LogP contribution is -2.45. The van der Waals surface area contributed by atoms with Gasteiger partial charge in [-0.05, 0) is 29.9 Å². The van der Waals surface area contributed by atoms with Crippen molar-refractivity contribution < 1.29 is 4.79 Å². The van der Waals surface area contributed by atoms with Gasteiger partial charge in [-0.2, -0.15) is 5.10 Å². The Morgan fingerprint density at radius 1 is 1.36 bits per heavy atom. The summed E-state index contributed by atoms with van der Waals surface area (Å²) < 4.78 is 0. The average Bonchev–Trinajstić information content (AvgIpc) is 2.51. The molecular formula is C18H24N2OS. The molecule has 1 aliphatic rings. The van der Waals surface area contributed by atoms with Crippen LogP contribution in [0.25, 0.3) is 0 Å². The minimum absolute atomic E-state index is 0.0473. The molecule has 0 saturated heterocycles. The van der Waals surface area contributed by atoms with Gasteiger partial charge in [-0.1, -0.05) is 39.0 Å². The highest BCUT2D eigenvalue weighted by atomic mass is 32.2. The fraction of sp³-hybridized carbons (Fsp3) is 0.444. The summed E-state index contributed by atoms with van der Waals surface area (Å²) in [7, 11) is 0. The zero-order valence-corrected chi connectivity index (χ0v) is 14.6. The zero-order valence-electron chi connectivity index (χ0n) is 13.7. The van der Waals surface area contributed by atoms with E-state index in [1.807, 2.05) is 13.0 Å². The van der Waals surface area contributed by atoms with E-state index in [0.29, 0.717) is 6.42 Å². The highest BCUT2D eigenvalue weighted by molar-refractivity contribution is 7.98. The highest BCUT2D eigenvalue weighted by Crippen LogP contribution is 2.25. The molecule has 0 bridgehead atoms. The molecule has 3 nitrogen and oxygen atoms in total. The van der Waals surface area contributed by atoms with E-state index in [9.17, 15) is 4.79 Å². The molecular weight excluding hydrogens is 292 g/mol. The van der Waals surface area contributed by atoms with Crippen LogP contribution in [0, 0.1) is 11.8 Å². The van der Waals surface area contributed by atoms with E-state index in [4.69, 9.17) is 0 Å². The topological polar surface area (TPSA) is 32.7 Å². The minimum atomic E-state index is -0.0595. The Kier molecular flexibility index (Phi) is 5.46. The monoisotopic (exact) mass is 316 g/mol. The van der Waals surface area contributed by atoms with Crippen LogP contribution in [-0.2, 0) is 4.79 Å². The Morgan fingerprint density at radius 2 is 2.00 bits per heavy atom. The van der Waals surface area contributed by atoms with E-state index in [1.54, 1.807) is 16.8 Å². The third kappa shape index (κ3) is 3.43. The van der Waals surface area contributed by atoms with Crippen molar-refractivity contribution in [2.45, 2.75) is 38.1 Å². The van der Waals surface area contributed by atoms with Gasteiger partial charge in [0.25, 0.3) is 0 Å². The van der Waals surface area contributed by atoms with Crippen molar-refractivity contribution >= 4 is 23.4 Å². The molecule has 0 aliphatic carbocycles. The predicted octanol–water partition coefficient (Wildman–Crippen LogP) is 4.19. The molecule has 0 saturated carbocycles. The molecule has 4 heteroatoms. The van der Waals surface area contributed by atoms with Gasteiger partial charge in [0.2, 0.25) is 5.91 Å². The summed E-state index contributed by atoms with van der Waals surface area (Å²) in [6.07, 6.45) is 4.57. The summed E-state index contributed by atoms with van der Waals surface area (Å²) in [5.41, 5.74) is 2.07. The number of thioether (sulfide) groups is 1. The summed E-state index contributed by atoms with van der Waals surface area (Å²) in [5.74, 6) is 0.327. The van der Waals surface area contributed by atoms with Crippen LogP contribution in [-0.4, -0.2) is 28.9 Å². The summed E-state index contributed by atoms with van der Waals surface area (Å²) in [6.45, 7) is 10.0. The van der Waals surface area contributed by atoms with Crippen LogP contribution in [0.4, 0.5) is 0 Å². The number of rotatable bonds is 5. The summed E-state index contributed by atoms with van der Waals surface area (Å²) in [5, 5.41) is 6.28. The van der Waals surface area contributed by atoms with Crippen molar-refractivity contribution in [3.8, 4) is 0 Å². The van der Waals surface area contributed by atoms with Gasteiger partial charge in [-0.3, -0.25) is 4.79 Å². The quantitative estimate of drug-likeness (QED) is 0.602. The van der Waals surface area contributed by atoms with E-state index in [2.05, 4.69) is 56.0 Å². The van der Waals surface area contributed by atoms with E-state index in [0.717, 1.165) is 11.3 Å². The largest absolute Gasteiger partial charge is 0.273 e. The fourth-order valence-corrected chi connectivity index (χ4v) is 3.06. The van der Waals surface area contributed by atoms with Crippen LogP contribution in [0.3, 0.4) is 0 Å². The Hall–Kier alpha value is -1.55. The Morgan fingerprint density at radius 3 is 2.50 bits per heavy atom. The van der Waals surface area contributed by atoms with Gasteiger partial charge in [-0.25, -0.2) is 5.01 Å². The highest BCUT2D eigenvalue weighted by Gasteiger charge is 2.32. The van der Waals surface area contributed by atoms with E-state index >= 15 is 0 Å². The third-order valence-corrected chi connectivity index (χ3v) is 4.75. The molecule has 1 heterocycles. The molecule has 0 N–H and O–H groups in total. The first-order valence-corrected chi connectivity index (χ1v) is 8.88. The number of benzene rings is 1. The standard InChI is InChI=1S/C18H24N2OS/c1-6-17(12(2)3)20-18(21)13(4)11-16(19-20)14-7-9-15(22-5)10-8-14/h6-10,12-13,17H,1,11H2,2-5H3. The molecule has 2 rings (SSSR count). The van der Waals surface area contributed by atoms with Gasteiger partial charge >= 0.3 is 0 Å². The van der Waals surface area contributed by atoms with Gasteiger partial charge < -0.3 is 0 Å². The minimum Gasteiger partial charge on any atom is -0.273 e. The molecule has 0 fully saturated rings. The molecule has 1 aliphatic heterocycles. The zero-order chi connectivity index (χ0) is 16.3. The van der Waals surface area contributed by atoms with Crippen molar-refractivity contribution in [3.05, 3.63) is 42.5 Å². The van der Waals surface area contributed by atoms with E-state index < -0.39 is 0 Å². The van der Waals surface area contributed by atoms with Crippen LogP contribution in [0.5, 0.6) is 0 Å².